The van der Waals surface area contributed by atoms with Crippen LogP contribution >= 0.6 is 0 Å². The lowest BCUT2D eigenvalue weighted by Gasteiger charge is -2.20. The monoisotopic (exact) mass is 207 g/mol. The maximum absolute atomic E-state index is 5.28. The first-order chi connectivity index (χ1) is 7.42. The minimum atomic E-state index is 0.604. The number of nitrogens with zero attached hydrogens (tertiary/aromatic N) is 2. The summed E-state index contributed by atoms with van der Waals surface area (Å²) in [6, 6.07) is 0. The Bertz CT molecular complexity index is 326. The van der Waals surface area contributed by atoms with Crippen LogP contribution in [0.25, 0.3) is 0 Å². The first-order valence-electron chi connectivity index (χ1n) is 5.95. The lowest BCUT2D eigenvalue weighted by Crippen LogP contribution is -2.30. The van der Waals surface area contributed by atoms with Crippen LogP contribution in [0.5, 0.6) is 0 Å². The van der Waals surface area contributed by atoms with Crippen LogP contribution < -0.4 is 5.32 Å². The maximum atomic E-state index is 5.28. The van der Waals surface area contributed by atoms with E-state index in [1.165, 1.54) is 25.7 Å². The van der Waals surface area contributed by atoms with Crippen LogP contribution in [0, 0.1) is 5.92 Å². The first kappa shape index (κ1) is 9.33. The fourth-order valence-electron chi connectivity index (χ4n) is 2.20. The fourth-order valence-corrected chi connectivity index (χ4v) is 2.20. The van der Waals surface area contributed by atoms with E-state index in [-0.39, 0.29) is 0 Å². The number of nitrogens with one attached hydrogen (secondary N) is 1. The lowest BCUT2D eigenvalue weighted by molar-refractivity contribution is 0.314. The molecule has 1 N–H and O–H groups in total. The molecule has 1 aromatic rings. The first-order valence-corrected chi connectivity index (χ1v) is 5.95. The Morgan fingerprint density at radius 2 is 2.27 bits per heavy atom. The van der Waals surface area contributed by atoms with Crippen LogP contribution in [0.3, 0.4) is 0 Å². The topological polar surface area (TPSA) is 51.0 Å². The lowest BCUT2D eigenvalue weighted by atomic mass is 9.96. The molecule has 0 spiro atoms. The van der Waals surface area contributed by atoms with Crippen molar-refractivity contribution < 1.29 is 4.52 Å². The van der Waals surface area contributed by atoms with E-state index in [4.69, 9.17) is 4.52 Å². The Morgan fingerprint density at radius 3 is 3.00 bits per heavy atom. The number of hydrogen-bond acceptors (Lipinski definition) is 4. The van der Waals surface area contributed by atoms with Gasteiger partial charge in [0.2, 0.25) is 5.89 Å². The van der Waals surface area contributed by atoms with Crippen molar-refractivity contribution in [2.24, 2.45) is 5.92 Å². The molecule has 0 bridgehead atoms. The molecule has 1 aliphatic carbocycles. The molecule has 2 heterocycles. The zero-order valence-electron chi connectivity index (χ0n) is 8.91. The Hall–Kier alpha value is -0.900. The summed E-state index contributed by atoms with van der Waals surface area (Å²) >= 11 is 0. The van der Waals surface area contributed by atoms with Crippen LogP contribution in [0.4, 0.5) is 0 Å². The van der Waals surface area contributed by atoms with Gasteiger partial charge in [-0.2, -0.15) is 4.98 Å². The third-order valence-corrected chi connectivity index (χ3v) is 3.29. The van der Waals surface area contributed by atoms with Crippen molar-refractivity contribution in [3.63, 3.8) is 0 Å². The van der Waals surface area contributed by atoms with Crippen LogP contribution in [-0.4, -0.2) is 23.2 Å². The average Bonchev–Trinajstić information content (AvgIpc) is 3.02. The van der Waals surface area contributed by atoms with Gasteiger partial charge in [-0.05, 0) is 44.7 Å². The summed E-state index contributed by atoms with van der Waals surface area (Å²) in [7, 11) is 0. The van der Waals surface area contributed by atoms with Crippen molar-refractivity contribution in [3.05, 3.63) is 11.7 Å². The average molecular weight is 207 g/mol. The second-order valence-electron chi connectivity index (χ2n) is 4.74. The minimum Gasteiger partial charge on any atom is -0.339 e. The van der Waals surface area contributed by atoms with Gasteiger partial charge in [0.05, 0.1) is 0 Å². The molecule has 1 saturated carbocycles. The van der Waals surface area contributed by atoms with E-state index in [0.717, 1.165) is 31.2 Å². The van der Waals surface area contributed by atoms with Crippen molar-refractivity contribution in [1.82, 2.24) is 15.5 Å². The molecule has 3 rings (SSSR count). The Labute approximate surface area is 89.4 Å². The van der Waals surface area contributed by atoms with Crippen molar-refractivity contribution >= 4 is 0 Å². The molecule has 2 aliphatic rings. The van der Waals surface area contributed by atoms with Gasteiger partial charge in [0.25, 0.3) is 0 Å². The molecule has 2 fully saturated rings. The van der Waals surface area contributed by atoms with Crippen LogP contribution in [0.15, 0.2) is 4.52 Å². The summed E-state index contributed by atoms with van der Waals surface area (Å²) < 4.78 is 5.28. The van der Waals surface area contributed by atoms with Crippen molar-refractivity contribution in [3.8, 4) is 0 Å². The molecule has 0 amide bonds. The molecule has 0 unspecified atom stereocenters. The molecule has 1 aromatic heterocycles. The van der Waals surface area contributed by atoms with Gasteiger partial charge in [0.15, 0.2) is 5.82 Å². The molecular formula is C11H17N3O. The highest BCUT2D eigenvalue weighted by atomic mass is 16.5. The molecule has 1 aliphatic heterocycles. The number of aromatic nitrogens is 2. The standard InChI is InChI=1S/C11H17N3O/c1-2-8(7-12-5-1)6-10-13-11(14-15-10)9-3-4-9/h8-9,12H,1-7H2/t8-/m1/s1. The quantitative estimate of drug-likeness (QED) is 0.815. The smallest absolute Gasteiger partial charge is 0.226 e. The van der Waals surface area contributed by atoms with E-state index >= 15 is 0 Å². The van der Waals surface area contributed by atoms with Gasteiger partial charge in [-0.1, -0.05) is 5.16 Å². The van der Waals surface area contributed by atoms with Crippen LogP contribution in [0.2, 0.25) is 0 Å². The Balaban J connectivity index is 1.60. The Kier molecular flexibility index (Phi) is 2.44. The van der Waals surface area contributed by atoms with Crippen molar-refractivity contribution in [2.45, 2.75) is 38.0 Å². The molecule has 4 nitrogen and oxygen atoms in total. The highest BCUT2D eigenvalue weighted by Gasteiger charge is 2.29. The van der Waals surface area contributed by atoms with E-state index in [2.05, 4.69) is 15.5 Å². The van der Waals surface area contributed by atoms with E-state index in [1.807, 2.05) is 0 Å². The minimum absolute atomic E-state index is 0.604. The van der Waals surface area contributed by atoms with Gasteiger partial charge in [0.1, 0.15) is 0 Å². The number of rotatable bonds is 3. The van der Waals surface area contributed by atoms with E-state index in [9.17, 15) is 0 Å². The molecule has 15 heavy (non-hydrogen) atoms. The zero-order valence-corrected chi connectivity index (χ0v) is 8.91. The van der Waals surface area contributed by atoms with Gasteiger partial charge in [-0.25, -0.2) is 0 Å². The predicted octanol–water partition coefficient (Wildman–Crippen LogP) is 1.49. The molecule has 4 heteroatoms. The van der Waals surface area contributed by atoms with Crippen molar-refractivity contribution in [2.75, 3.05) is 13.1 Å². The summed E-state index contributed by atoms with van der Waals surface area (Å²) in [6.07, 6.45) is 5.99. The summed E-state index contributed by atoms with van der Waals surface area (Å²) in [5.74, 6) is 3.07. The van der Waals surface area contributed by atoms with E-state index in [0.29, 0.717) is 11.8 Å². The molecule has 1 saturated heterocycles. The van der Waals surface area contributed by atoms with Crippen LogP contribution in [-0.2, 0) is 6.42 Å². The normalized spacial score (nSPS) is 26.8. The van der Waals surface area contributed by atoms with E-state index in [1.54, 1.807) is 0 Å². The van der Waals surface area contributed by atoms with Gasteiger partial charge < -0.3 is 9.84 Å². The summed E-state index contributed by atoms with van der Waals surface area (Å²) in [5, 5.41) is 7.44. The van der Waals surface area contributed by atoms with Gasteiger partial charge in [-0.3, -0.25) is 0 Å². The number of piperidine rings is 1. The predicted molar refractivity (Wildman–Crippen MR) is 55.6 cm³/mol. The second-order valence-corrected chi connectivity index (χ2v) is 4.74. The van der Waals surface area contributed by atoms with Gasteiger partial charge >= 0.3 is 0 Å². The highest BCUT2D eigenvalue weighted by Crippen LogP contribution is 2.38. The summed E-state index contributed by atoms with van der Waals surface area (Å²) in [4.78, 5) is 4.46. The third kappa shape index (κ3) is 2.20. The summed E-state index contributed by atoms with van der Waals surface area (Å²) in [6.45, 7) is 2.26. The Morgan fingerprint density at radius 1 is 1.33 bits per heavy atom. The highest BCUT2D eigenvalue weighted by molar-refractivity contribution is 5.03. The molecule has 1 atom stereocenters. The fraction of sp³-hybridized carbons (Fsp3) is 0.818. The van der Waals surface area contributed by atoms with E-state index < -0.39 is 0 Å². The molecular weight excluding hydrogens is 190 g/mol. The third-order valence-electron chi connectivity index (χ3n) is 3.29. The molecule has 0 radical (unpaired) electrons. The second kappa shape index (κ2) is 3.93. The van der Waals surface area contributed by atoms with Crippen LogP contribution in [0.1, 0.15) is 43.3 Å². The van der Waals surface area contributed by atoms with Crippen molar-refractivity contribution in [1.29, 1.82) is 0 Å². The number of hydrogen-bond donors (Lipinski definition) is 1. The molecule has 82 valence electrons. The SMILES string of the molecule is C1CNC[C@@H](Cc2nc(C3CC3)no2)C1. The molecule has 0 aromatic carbocycles. The summed E-state index contributed by atoms with van der Waals surface area (Å²) in [5.41, 5.74) is 0. The van der Waals surface area contributed by atoms with Gasteiger partial charge in [-0.15, -0.1) is 0 Å². The maximum Gasteiger partial charge on any atom is 0.226 e. The largest absolute Gasteiger partial charge is 0.339 e. The zero-order chi connectivity index (χ0) is 10.1. The van der Waals surface area contributed by atoms with Gasteiger partial charge in [0, 0.05) is 12.3 Å².